The highest BCUT2D eigenvalue weighted by Gasteiger charge is 2.24. The number of amides is 1. The Bertz CT molecular complexity index is 771. The molecular formula is C20H21BrClN3O. The van der Waals surface area contributed by atoms with Gasteiger partial charge < -0.3 is 0 Å². The maximum atomic E-state index is 12.3. The summed E-state index contributed by atoms with van der Waals surface area (Å²) in [7, 11) is 0. The molecule has 136 valence electrons. The van der Waals surface area contributed by atoms with E-state index in [1.165, 1.54) is 5.56 Å². The molecule has 0 aromatic heterocycles. The van der Waals surface area contributed by atoms with Crippen LogP contribution in [0.15, 0.2) is 58.1 Å². The third kappa shape index (κ3) is 5.40. The van der Waals surface area contributed by atoms with E-state index in [1.807, 2.05) is 18.2 Å². The monoisotopic (exact) mass is 433 g/mol. The van der Waals surface area contributed by atoms with E-state index in [4.69, 9.17) is 11.6 Å². The molecule has 26 heavy (non-hydrogen) atoms. The van der Waals surface area contributed by atoms with Crippen molar-refractivity contribution in [3.63, 3.8) is 0 Å². The second-order valence-corrected chi connectivity index (χ2v) is 7.76. The molecule has 4 nitrogen and oxygen atoms in total. The number of carbonyl (C=O) groups is 1. The van der Waals surface area contributed by atoms with Crippen molar-refractivity contribution in [1.29, 1.82) is 0 Å². The second-order valence-electron chi connectivity index (χ2n) is 6.43. The van der Waals surface area contributed by atoms with Gasteiger partial charge in [0.15, 0.2) is 0 Å². The molecule has 2 aromatic rings. The predicted molar refractivity (Wildman–Crippen MR) is 109 cm³/mol. The number of halogens is 2. The third-order valence-corrected chi connectivity index (χ3v) is 5.43. The number of likely N-dealkylation sites (tertiary alicyclic amines) is 1. The number of nitrogens with one attached hydrogen (secondary N) is 1. The Hall–Kier alpha value is -1.69. The summed E-state index contributed by atoms with van der Waals surface area (Å²) < 4.78 is 1.09. The minimum absolute atomic E-state index is 0.0135. The number of carbonyl (C=O) groups excluding carboxylic acids is 1. The highest BCUT2D eigenvalue weighted by Crippen LogP contribution is 2.20. The number of hydrazone groups is 1. The van der Waals surface area contributed by atoms with Gasteiger partial charge >= 0.3 is 0 Å². The number of benzene rings is 2. The van der Waals surface area contributed by atoms with Crippen molar-refractivity contribution in [2.75, 3.05) is 13.1 Å². The highest BCUT2D eigenvalue weighted by atomic mass is 79.9. The molecule has 1 aliphatic heterocycles. The Labute approximate surface area is 167 Å². The first-order valence-electron chi connectivity index (χ1n) is 8.66. The van der Waals surface area contributed by atoms with Gasteiger partial charge in [0.1, 0.15) is 0 Å². The molecule has 6 heteroatoms. The standard InChI is InChI=1S/C20H21BrClN3O/c21-18-7-5-15(6-8-18)14-25-11-9-16(10-12-25)20(26)24-23-13-17-3-1-2-4-19(17)22/h1-8,13,16H,9-12,14H2,(H,24,26). The van der Waals surface area contributed by atoms with E-state index in [0.29, 0.717) is 5.02 Å². The first-order valence-corrected chi connectivity index (χ1v) is 9.83. The molecule has 1 aliphatic rings. The summed E-state index contributed by atoms with van der Waals surface area (Å²) in [5.74, 6) is -0.00356. The lowest BCUT2D eigenvalue weighted by atomic mass is 9.96. The maximum absolute atomic E-state index is 12.3. The SMILES string of the molecule is O=C(NN=Cc1ccccc1Cl)C1CCN(Cc2ccc(Br)cc2)CC1. The van der Waals surface area contributed by atoms with Crippen LogP contribution in [0.3, 0.4) is 0 Å². The third-order valence-electron chi connectivity index (χ3n) is 4.56. The Morgan fingerprint density at radius 1 is 1.19 bits per heavy atom. The van der Waals surface area contributed by atoms with Crippen molar-refractivity contribution < 1.29 is 4.79 Å². The Balaban J connectivity index is 1.44. The van der Waals surface area contributed by atoms with Crippen molar-refractivity contribution >= 4 is 39.7 Å². The summed E-state index contributed by atoms with van der Waals surface area (Å²) in [6.45, 7) is 2.76. The lowest BCUT2D eigenvalue weighted by Gasteiger charge is -2.30. The number of rotatable bonds is 5. The largest absolute Gasteiger partial charge is 0.299 e. The van der Waals surface area contributed by atoms with Crippen LogP contribution in [0.25, 0.3) is 0 Å². The van der Waals surface area contributed by atoms with E-state index in [9.17, 15) is 4.79 Å². The van der Waals surface area contributed by atoms with Gasteiger partial charge in [0.05, 0.1) is 6.21 Å². The Kier molecular flexibility index (Phi) is 6.83. The lowest BCUT2D eigenvalue weighted by Crippen LogP contribution is -2.39. The molecule has 0 spiro atoms. The van der Waals surface area contributed by atoms with Gasteiger partial charge in [-0.15, -0.1) is 0 Å². The molecule has 0 aliphatic carbocycles. The Morgan fingerprint density at radius 3 is 2.58 bits per heavy atom. The van der Waals surface area contributed by atoms with Gasteiger partial charge in [-0.1, -0.05) is 57.9 Å². The van der Waals surface area contributed by atoms with E-state index < -0.39 is 0 Å². The quantitative estimate of drug-likeness (QED) is 0.557. The zero-order valence-corrected chi connectivity index (χ0v) is 16.7. The summed E-state index contributed by atoms with van der Waals surface area (Å²) in [4.78, 5) is 14.7. The minimum Gasteiger partial charge on any atom is -0.299 e. The molecule has 0 radical (unpaired) electrons. The van der Waals surface area contributed by atoms with Crippen LogP contribution in [0.4, 0.5) is 0 Å². The zero-order valence-electron chi connectivity index (χ0n) is 14.4. The van der Waals surface area contributed by atoms with Crippen molar-refractivity contribution in [1.82, 2.24) is 10.3 Å². The van der Waals surface area contributed by atoms with Crippen LogP contribution in [0, 0.1) is 5.92 Å². The molecule has 1 fully saturated rings. The van der Waals surface area contributed by atoms with Gasteiger partial charge in [0, 0.05) is 27.5 Å². The number of nitrogens with zero attached hydrogens (tertiary/aromatic N) is 2. The second kappa shape index (κ2) is 9.31. The maximum Gasteiger partial charge on any atom is 0.243 e. The van der Waals surface area contributed by atoms with Gasteiger partial charge in [-0.05, 0) is 49.7 Å². The van der Waals surface area contributed by atoms with Crippen LogP contribution < -0.4 is 5.43 Å². The summed E-state index contributed by atoms with van der Waals surface area (Å²) in [6.07, 6.45) is 3.29. The van der Waals surface area contributed by atoms with E-state index in [2.05, 4.69) is 55.6 Å². The first kappa shape index (κ1) is 19.1. The summed E-state index contributed by atoms with van der Waals surface area (Å²) in [5.41, 5.74) is 4.73. The van der Waals surface area contributed by atoms with Gasteiger partial charge in [0.2, 0.25) is 5.91 Å². The number of hydrogen-bond donors (Lipinski definition) is 1. The smallest absolute Gasteiger partial charge is 0.243 e. The van der Waals surface area contributed by atoms with Gasteiger partial charge in [-0.25, -0.2) is 5.43 Å². The van der Waals surface area contributed by atoms with Crippen molar-refractivity contribution in [2.45, 2.75) is 19.4 Å². The van der Waals surface area contributed by atoms with Gasteiger partial charge in [0.25, 0.3) is 0 Å². The van der Waals surface area contributed by atoms with Crippen LogP contribution in [0.1, 0.15) is 24.0 Å². The number of piperidine rings is 1. The molecule has 0 bridgehead atoms. The molecule has 0 saturated carbocycles. The molecule has 3 rings (SSSR count). The average Bonchev–Trinajstić information content (AvgIpc) is 2.66. The molecular weight excluding hydrogens is 414 g/mol. The molecule has 1 saturated heterocycles. The molecule has 0 atom stereocenters. The zero-order chi connectivity index (χ0) is 18.4. The van der Waals surface area contributed by atoms with Crippen molar-refractivity contribution in [2.24, 2.45) is 11.0 Å². The van der Waals surface area contributed by atoms with Crippen LogP contribution in [-0.4, -0.2) is 30.1 Å². The normalized spacial score (nSPS) is 16.1. The van der Waals surface area contributed by atoms with E-state index >= 15 is 0 Å². The summed E-state index contributed by atoms with van der Waals surface area (Å²) in [6, 6.07) is 15.8. The Morgan fingerprint density at radius 2 is 1.88 bits per heavy atom. The number of hydrogen-bond acceptors (Lipinski definition) is 3. The van der Waals surface area contributed by atoms with Crippen LogP contribution in [-0.2, 0) is 11.3 Å². The van der Waals surface area contributed by atoms with E-state index in [1.54, 1.807) is 12.3 Å². The molecule has 1 heterocycles. The van der Waals surface area contributed by atoms with E-state index in [0.717, 1.165) is 42.5 Å². The topological polar surface area (TPSA) is 44.7 Å². The molecule has 1 amide bonds. The van der Waals surface area contributed by atoms with E-state index in [-0.39, 0.29) is 11.8 Å². The minimum atomic E-state index is -0.0170. The average molecular weight is 435 g/mol. The van der Waals surface area contributed by atoms with Crippen molar-refractivity contribution in [3.8, 4) is 0 Å². The molecule has 0 unspecified atom stereocenters. The fourth-order valence-electron chi connectivity index (χ4n) is 3.04. The molecule has 1 N–H and O–H groups in total. The highest BCUT2D eigenvalue weighted by molar-refractivity contribution is 9.10. The first-order chi connectivity index (χ1) is 12.6. The van der Waals surface area contributed by atoms with Crippen LogP contribution in [0.5, 0.6) is 0 Å². The van der Waals surface area contributed by atoms with Crippen LogP contribution >= 0.6 is 27.5 Å². The fourth-order valence-corrected chi connectivity index (χ4v) is 3.49. The van der Waals surface area contributed by atoms with Crippen molar-refractivity contribution in [3.05, 3.63) is 69.2 Å². The lowest BCUT2D eigenvalue weighted by molar-refractivity contribution is -0.126. The van der Waals surface area contributed by atoms with Crippen LogP contribution in [0.2, 0.25) is 5.02 Å². The fraction of sp³-hybridized carbons (Fsp3) is 0.300. The molecule has 2 aromatic carbocycles. The van der Waals surface area contributed by atoms with Gasteiger partial charge in [-0.2, -0.15) is 5.10 Å². The predicted octanol–water partition coefficient (Wildman–Crippen LogP) is 4.46. The summed E-state index contributed by atoms with van der Waals surface area (Å²) >= 11 is 9.52. The summed E-state index contributed by atoms with van der Waals surface area (Å²) in [5, 5.41) is 4.66. The van der Waals surface area contributed by atoms with Gasteiger partial charge in [-0.3, -0.25) is 9.69 Å².